The van der Waals surface area contributed by atoms with Crippen LogP contribution in [-0.4, -0.2) is 23.8 Å². The van der Waals surface area contributed by atoms with Gasteiger partial charge in [0.2, 0.25) is 0 Å². The lowest BCUT2D eigenvalue weighted by Gasteiger charge is -2.23. The molecule has 2 atom stereocenters. The Balaban J connectivity index is 2.33. The lowest BCUT2D eigenvalue weighted by Crippen LogP contribution is -2.27. The number of fused-ring (bicyclic) bond motifs is 1. The molecule has 0 aromatic carbocycles. The Bertz CT molecular complexity index is 325. The number of rotatable bonds is 1. The summed E-state index contributed by atoms with van der Waals surface area (Å²) >= 11 is 0. The van der Waals surface area contributed by atoms with E-state index < -0.39 is 0 Å². The molecule has 0 aromatic heterocycles. The van der Waals surface area contributed by atoms with Gasteiger partial charge in [0.05, 0.1) is 6.04 Å². The van der Waals surface area contributed by atoms with Crippen molar-refractivity contribution < 1.29 is 4.79 Å². The van der Waals surface area contributed by atoms with Crippen molar-refractivity contribution >= 4 is 5.78 Å². The summed E-state index contributed by atoms with van der Waals surface area (Å²) in [5.41, 5.74) is 0.924. The maximum absolute atomic E-state index is 11.3. The van der Waals surface area contributed by atoms with Crippen LogP contribution in [0.3, 0.4) is 0 Å². The molecule has 2 nitrogen and oxygen atoms in total. The summed E-state index contributed by atoms with van der Waals surface area (Å²) in [7, 11) is 2.01. The van der Waals surface area contributed by atoms with Gasteiger partial charge in [-0.15, -0.1) is 0 Å². The molecule has 13 heavy (non-hydrogen) atoms. The van der Waals surface area contributed by atoms with Gasteiger partial charge >= 0.3 is 0 Å². The largest absolute Gasteiger partial charge is 0.373 e. The van der Waals surface area contributed by atoms with Gasteiger partial charge in [0.25, 0.3) is 0 Å². The molecule has 2 unspecified atom stereocenters. The molecule has 0 saturated heterocycles. The summed E-state index contributed by atoms with van der Waals surface area (Å²) in [6.07, 6.45) is 10.2. The molecular weight excluding hydrogens is 162 g/mol. The number of nitrogens with zero attached hydrogens (tertiary/aromatic N) is 1. The molecule has 2 rings (SSSR count). The molecule has 1 aliphatic carbocycles. The number of ketones is 1. The first kappa shape index (κ1) is 8.30. The minimum Gasteiger partial charge on any atom is -0.373 e. The highest BCUT2D eigenvalue weighted by atomic mass is 16.1. The van der Waals surface area contributed by atoms with E-state index in [2.05, 4.69) is 17.1 Å². The van der Waals surface area contributed by atoms with E-state index >= 15 is 0 Å². The molecule has 2 aliphatic rings. The predicted octanol–water partition coefficient (Wildman–Crippen LogP) is 1.52. The zero-order valence-electron chi connectivity index (χ0n) is 7.90. The second kappa shape index (κ2) is 2.87. The van der Waals surface area contributed by atoms with E-state index in [1.165, 1.54) is 0 Å². The maximum Gasteiger partial charge on any atom is 0.157 e. The average Bonchev–Trinajstić information content (AvgIpc) is 2.45. The Morgan fingerprint density at radius 2 is 2.08 bits per heavy atom. The quantitative estimate of drug-likeness (QED) is 0.602. The van der Waals surface area contributed by atoms with E-state index in [1.807, 2.05) is 25.4 Å². The fraction of sp³-hybridized carbons (Fsp3) is 0.364. The number of hydrogen-bond donors (Lipinski definition) is 0. The van der Waals surface area contributed by atoms with E-state index in [1.54, 1.807) is 6.92 Å². The monoisotopic (exact) mass is 175 g/mol. The number of likely N-dealkylation sites (N-methyl/N-ethyl adjacent to an activating group) is 1. The summed E-state index contributed by atoms with van der Waals surface area (Å²) in [6.45, 7) is 1.63. The van der Waals surface area contributed by atoms with Gasteiger partial charge in [-0.1, -0.05) is 24.3 Å². The van der Waals surface area contributed by atoms with Crippen molar-refractivity contribution in [2.24, 2.45) is 5.92 Å². The third-order valence-corrected chi connectivity index (χ3v) is 2.68. The van der Waals surface area contributed by atoms with Crippen molar-refractivity contribution in [3.8, 4) is 0 Å². The molecule has 0 spiro atoms. The summed E-state index contributed by atoms with van der Waals surface area (Å²) in [5, 5.41) is 0. The van der Waals surface area contributed by atoms with Crippen LogP contribution in [0.25, 0.3) is 0 Å². The Hall–Kier alpha value is -1.31. The van der Waals surface area contributed by atoms with Crippen molar-refractivity contribution in [2.75, 3.05) is 7.05 Å². The van der Waals surface area contributed by atoms with Gasteiger partial charge in [0, 0.05) is 24.7 Å². The number of carbonyl (C=O) groups is 1. The Labute approximate surface area is 78.2 Å². The smallest absolute Gasteiger partial charge is 0.157 e. The molecule has 0 bridgehead atoms. The Morgan fingerprint density at radius 1 is 1.38 bits per heavy atom. The zero-order valence-corrected chi connectivity index (χ0v) is 7.90. The summed E-state index contributed by atoms with van der Waals surface area (Å²) < 4.78 is 0. The molecule has 0 aromatic rings. The van der Waals surface area contributed by atoms with Crippen LogP contribution in [0.15, 0.2) is 36.1 Å². The fourth-order valence-corrected chi connectivity index (χ4v) is 1.99. The van der Waals surface area contributed by atoms with Gasteiger partial charge in [-0.2, -0.15) is 0 Å². The van der Waals surface area contributed by atoms with E-state index in [0.717, 1.165) is 5.57 Å². The van der Waals surface area contributed by atoms with Crippen LogP contribution in [0.2, 0.25) is 0 Å². The van der Waals surface area contributed by atoms with Gasteiger partial charge in [0.1, 0.15) is 0 Å². The molecule has 0 N–H and O–H groups in total. The van der Waals surface area contributed by atoms with Crippen LogP contribution in [-0.2, 0) is 4.79 Å². The highest BCUT2D eigenvalue weighted by Gasteiger charge is 2.32. The zero-order chi connectivity index (χ0) is 9.42. The minimum atomic E-state index is 0.180. The van der Waals surface area contributed by atoms with Crippen molar-refractivity contribution in [3.63, 3.8) is 0 Å². The van der Waals surface area contributed by atoms with Crippen LogP contribution in [0.5, 0.6) is 0 Å². The second-order valence-corrected chi connectivity index (χ2v) is 3.59. The Kier molecular flexibility index (Phi) is 1.83. The molecule has 1 heterocycles. The van der Waals surface area contributed by atoms with Crippen LogP contribution >= 0.6 is 0 Å². The second-order valence-electron chi connectivity index (χ2n) is 3.59. The molecule has 0 radical (unpaired) electrons. The van der Waals surface area contributed by atoms with Crippen LogP contribution in [0.1, 0.15) is 6.92 Å². The first-order valence-corrected chi connectivity index (χ1v) is 4.50. The Morgan fingerprint density at radius 3 is 2.77 bits per heavy atom. The van der Waals surface area contributed by atoms with Crippen molar-refractivity contribution in [1.29, 1.82) is 0 Å². The van der Waals surface area contributed by atoms with E-state index in [0.29, 0.717) is 6.04 Å². The predicted molar refractivity (Wildman–Crippen MR) is 52.1 cm³/mol. The lowest BCUT2D eigenvalue weighted by molar-refractivity contribution is -0.113. The molecule has 1 aliphatic heterocycles. The summed E-state index contributed by atoms with van der Waals surface area (Å²) in [6, 6.07) is 0.351. The topological polar surface area (TPSA) is 20.3 Å². The highest BCUT2D eigenvalue weighted by Crippen LogP contribution is 2.31. The normalized spacial score (nSPS) is 30.3. The average molecular weight is 175 g/mol. The summed E-state index contributed by atoms with van der Waals surface area (Å²) in [4.78, 5) is 13.4. The third-order valence-electron chi connectivity index (χ3n) is 2.68. The number of carbonyl (C=O) groups excluding carboxylic acids is 1. The number of Topliss-reactive ketones (excluding diaryl/α,β-unsaturated/α-hetero) is 1. The summed E-state index contributed by atoms with van der Waals surface area (Å²) in [5.74, 6) is 0.451. The van der Waals surface area contributed by atoms with E-state index in [4.69, 9.17) is 0 Å². The SMILES string of the molecule is CC(=O)C1=CN(C)C2C=CC=CC12. The maximum atomic E-state index is 11.3. The van der Waals surface area contributed by atoms with Crippen molar-refractivity contribution in [3.05, 3.63) is 36.1 Å². The van der Waals surface area contributed by atoms with E-state index in [-0.39, 0.29) is 11.7 Å². The lowest BCUT2D eigenvalue weighted by atomic mass is 9.89. The fourth-order valence-electron chi connectivity index (χ4n) is 1.99. The van der Waals surface area contributed by atoms with Gasteiger partial charge in [-0.3, -0.25) is 4.79 Å². The van der Waals surface area contributed by atoms with Gasteiger partial charge < -0.3 is 4.90 Å². The molecular formula is C11H13NO. The number of hydrogen-bond acceptors (Lipinski definition) is 2. The molecule has 68 valence electrons. The first-order valence-electron chi connectivity index (χ1n) is 4.50. The standard InChI is InChI=1S/C11H13NO/c1-8(13)10-7-12(2)11-6-4-3-5-9(10)11/h3-7,9,11H,1-2H3. The van der Waals surface area contributed by atoms with Gasteiger partial charge in [-0.05, 0) is 6.92 Å². The molecule has 0 amide bonds. The third kappa shape index (κ3) is 1.22. The molecule has 0 saturated carbocycles. The molecule has 2 heteroatoms. The van der Waals surface area contributed by atoms with Crippen LogP contribution in [0.4, 0.5) is 0 Å². The van der Waals surface area contributed by atoms with Crippen LogP contribution in [0, 0.1) is 5.92 Å². The van der Waals surface area contributed by atoms with Crippen molar-refractivity contribution in [1.82, 2.24) is 4.90 Å². The van der Waals surface area contributed by atoms with Gasteiger partial charge in [0.15, 0.2) is 5.78 Å². The van der Waals surface area contributed by atoms with Crippen molar-refractivity contribution in [2.45, 2.75) is 13.0 Å². The highest BCUT2D eigenvalue weighted by molar-refractivity contribution is 5.94. The number of allylic oxidation sites excluding steroid dienone is 2. The van der Waals surface area contributed by atoms with E-state index in [9.17, 15) is 4.79 Å². The molecule has 0 fully saturated rings. The van der Waals surface area contributed by atoms with Gasteiger partial charge in [-0.25, -0.2) is 0 Å². The van der Waals surface area contributed by atoms with Crippen LogP contribution < -0.4 is 0 Å². The first-order chi connectivity index (χ1) is 6.20. The minimum absolute atomic E-state index is 0.180.